The van der Waals surface area contributed by atoms with Crippen LogP contribution in [0.2, 0.25) is 0 Å². The lowest BCUT2D eigenvalue weighted by atomic mass is 10.2. The van der Waals surface area contributed by atoms with Gasteiger partial charge in [0.2, 0.25) is 17.8 Å². The van der Waals surface area contributed by atoms with Crippen molar-refractivity contribution in [3.8, 4) is 5.95 Å². The highest BCUT2D eigenvalue weighted by Crippen LogP contribution is 2.20. The van der Waals surface area contributed by atoms with Gasteiger partial charge in [-0.2, -0.15) is 26.7 Å². The summed E-state index contributed by atoms with van der Waals surface area (Å²) in [5.74, 6) is 4.17. The van der Waals surface area contributed by atoms with Gasteiger partial charge < -0.3 is 10.6 Å². The Labute approximate surface area is 128 Å². The highest BCUT2D eigenvalue weighted by atomic mass is 32.2. The number of nitrogens with zero attached hydrogens (tertiary/aromatic N) is 5. The van der Waals surface area contributed by atoms with Gasteiger partial charge in [0.05, 0.1) is 0 Å². The second-order valence-electron chi connectivity index (χ2n) is 4.81. The van der Waals surface area contributed by atoms with Gasteiger partial charge in [-0.3, -0.25) is 4.57 Å². The van der Waals surface area contributed by atoms with Crippen molar-refractivity contribution in [2.45, 2.75) is 25.8 Å². The van der Waals surface area contributed by atoms with Gasteiger partial charge >= 0.3 is 0 Å². The first-order valence-electron chi connectivity index (χ1n) is 7.17. The molecule has 0 bridgehead atoms. The second kappa shape index (κ2) is 6.75. The average Bonchev–Trinajstić information content (AvgIpc) is 3.03. The Morgan fingerprint density at radius 2 is 2.05 bits per heavy atom. The van der Waals surface area contributed by atoms with E-state index in [1.165, 1.54) is 11.5 Å². The third-order valence-electron chi connectivity index (χ3n) is 3.25. The summed E-state index contributed by atoms with van der Waals surface area (Å²) in [4.78, 5) is 17.4. The fourth-order valence-corrected chi connectivity index (χ4v) is 3.29. The quantitative estimate of drug-likeness (QED) is 0.871. The van der Waals surface area contributed by atoms with E-state index in [0.29, 0.717) is 23.9 Å². The van der Waals surface area contributed by atoms with Gasteiger partial charge in [0.1, 0.15) is 6.33 Å². The van der Waals surface area contributed by atoms with Crippen LogP contribution < -0.4 is 10.6 Å². The molecule has 112 valence electrons. The molecule has 0 saturated carbocycles. The molecule has 2 aromatic heterocycles. The lowest BCUT2D eigenvalue weighted by Gasteiger charge is -2.22. The van der Waals surface area contributed by atoms with Gasteiger partial charge in [0, 0.05) is 25.0 Å². The molecule has 2 aromatic rings. The topological polar surface area (TPSA) is 80.5 Å². The van der Waals surface area contributed by atoms with Crippen molar-refractivity contribution in [3.63, 3.8) is 0 Å². The molecule has 0 amide bonds. The number of hydrogen-bond acceptors (Lipinski definition) is 7. The molecule has 7 nitrogen and oxygen atoms in total. The van der Waals surface area contributed by atoms with Gasteiger partial charge in [0.25, 0.3) is 0 Å². The van der Waals surface area contributed by atoms with E-state index < -0.39 is 0 Å². The summed E-state index contributed by atoms with van der Waals surface area (Å²) in [6.07, 6.45) is 7.51. The van der Waals surface area contributed by atoms with E-state index in [9.17, 15) is 0 Å². The molecule has 0 radical (unpaired) electrons. The van der Waals surface area contributed by atoms with Crippen molar-refractivity contribution in [2.24, 2.45) is 0 Å². The van der Waals surface area contributed by atoms with Crippen LogP contribution in [0.25, 0.3) is 5.95 Å². The lowest BCUT2D eigenvalue weighted by Crippen LogP contribution is -2.26. The number of imidazole rings is 1. The molecule has 1 aliphatic rings. The second-order valence-corrected chi connectivity index (χ2v) is 6.04. The minimum atomic E-state index is 0.443. The average molecular weight is 305 g/mol. The highest BCUT2D eigenvalue weighted by molar-refractivity contribution is 7.99. The molecule has 0 spiro atoms. The van der Waals surface area contributed by atoms with E-state index in [0.717, 1.165) is 19.4 Å². The summed E-state index contributed by atoms with van der Waals surface area (Å²) in [6.45, 7) is 2.79. The fourth-order valence-electron chi connectivity index (χ4n) is 2.18. The predicted octanol–water partition coefficient (Wildman–Crippen LogP) is 1.80. The zero-order valence-corrected chi connectivity index (χ0v) is 12.8. The summed E-state index contributed by atoms with van der Waals surface area (Å²) in [7, 11) is 0. The molecule has 0 aromatic carbocycles. The van der Waals surface area contributed by atoms with Gasteiger partial charge in [-0.15, -0.1) is 0 Å². The standard InChI is InChI=1S/C13H19N7S/c1-2-15-11-17-12(16-10-3-7-21-8-4-10)19-13(18-11)20-6-5-14-9-20/h5-6,9-10H,2-4,7-8H2,1H3,(H2,15,16,17,18,19). The Morgan fingerprint density at radius 3 is 2.76 bits per heavy atom. The summed E-state index contributed by atoms with van der Waals surface area (Å²) in [6, 6.07) is 0.443. The maximum Gasteiger partial charge on any atom is 0.241 e. The van der Waals surface area contributed by atoms with Crippen LogP contribution in [0.1, 0.15) is 19.8 Å². The first-order chi connectivity index (χ1) is 10.3. The molecular formula is C13H19N7S. The van der Waals surface area contributed by atoms with E-state index in [2.05, 4.69) is 30.6 Å². The molecule has 0 unspecified atom stereocenters. The van der Waals surface area contributed by atoms with Crippen LogP contribution >= 0.6 is 11.8 Å². The SMILES string of the molecule is CCNc1nc(NC2CCSCC2)nc(-n2ccnc2)n1. The van der Waals surface area contributed by atoms with Crippen LogP contribution in [-0.4, -0.2) is 48.6 Å². The minimum Gasteiger partial charge on any atom is -0.354 e. The smallest absolute Gasteiger partial charge is 0.241 e. The number of rotatable bonds is 5. The summed E-state index contributed by atoms with van der Waals surface area (Å²) in [5, 5.41) is 6.58. The van der Waals surface area contributed by atoms with E-state index in [4.69, 9.17) is 0 Å². The first-order valence-corrected chi connectivity index (χ1v) is 8.33. The number of nitrogens with one attached hydrogen (secondary N) is 2. The van der Waals surface area contributed by atoms with Crippen LogP contribution in [0.15, 0.2) is 18.7 Å². The third-order valence-corrected chi connectivity index (χ3v) is 4.30. The van der Waals surface area contributed by atoms with Gasteiger partial charge in [-0.1, -0.05) is 0 Å². The van der Waals surface area contributed by atoms with Crippen molar-refractivity contribution in [2.75, 3.05) is 28.7 Å². The molecule has 3 rings (SSSR count). The summed E-state index contributed by atoms with van der Waals surface area (Å²) < 4.78 is 1.78. The van der Waals surface area contributed by atoms with Crippen LogP contribution in [0.3, 0.4) is 0 Å². The van der Waals surface area contributed by atoms with Crippen LogP contribution in [0, 0.1) is 0 Å². The number of anilines is 2. The molecule has 1 aliphatic heterocycles. The Morgan fingerprint density at radius 1 is 1.24 bits per heavy atom. The van der Waals surface area contributed by atoms with Crippen LogP contribution in [0.4, 0.5) is 11.9 Å². The summed E-state index contributed by atoms with van der Waals surface area (Å²) in [5.41, 5.74) is 0. The number of hydrogen-bond donors (Lipinski definition) is 2. The molecule has 1 saturated heterocycles. The van der Waals surface area contributed by atoms with E-state index in [-0.39, 0.29) is 0 Å². The van der Waals surface area contributed by atoms with Gasteiger partial charge in [-0.25, -0.2) is 4.98 Å². The first kappa shape index (κ1) is 14.1. The monoisotopic (exact) mass is 305 g/mol. The molecule has 8 heteroatoms. The van der Waals surface area contributed by atoms with Crippen molar-refractivity contribution in [1.29, 1.82) is 0 Å². The minimum absolute atomic E-state index is 0.443. The molecule has 0 atom stereocenters. The Balaban J connectivity index is 1.84. The molecule has 1 fully saturated rings. The molecule has 3 heterocycles. The van der Waals surface area contributed by atoms with Gasteiger partial charge in [-0.05, 0) is 31.3 Å². The normalized spacial score (nSPS) is 15.9. The van der Waals surface area contributed by atoms with Crippen molar-refractivity contribution in [3.05, 3.63) is 18.7 Å². The van der Waals surface area contributed by atoms with E-state index in [1.54, 1.807) is 17.1 Å². The zero-order chi connectivity index (χ0) is 14.5. The van der Waals surface area contributed by atoms with E-state index in [1.807, 2.05) is 24.9 Å². The highest BCUT2D eigenvalue weighted by Gasteiger charge is 2.16. The Bertz CT molecular complexity index is 566. The molecule has 21 heavy (non-hydrogen) atoms. The molecule has 0 aliphatic carbocycles. The van der Waals surface area contributed by atoms with Crippen LogP contribution in [0.5, 0.6) is 0 Å². The van der Waals surface area contributed by atoms with E-state index >= 15 is 0 Å². The van der Waals surface area contributed by atoms with Crippen molar-refractivity contribution < 1.29 is 0 Å². The largest absolute Gasteiger partial charge is 0.354 e. The maximum absolute atomic E-state index is 4.50. The zero-order valence-electron chi connectivity index (χ0n) is 12.0. The number of aromatic nitrogens is 5. The Kier molecular flexibility index (Phi) is 4.54. The van der Waals surface area contributed by atoms with Crippen molar-refractivity contribution in [1.82, 2.24) is 24.5 Å². The molecule has 2 N–H and O–H groups in total. The Hall–Kier alpha value is -1.83. The third kappa shape index (κ3) is 3.63. The molecular weight excluding hydrogens is 286 g/mol. The lowest BCUT2D eigenvalue weighted by molar-refractivity contribution is 0.658. The van der Waals surface area contributed by atoms with Crippen LogP contribution in [-0.2, 0) is 0 Å². The van der Waals surface area contributed by atoms with Gasteiger partial charge in [0.15, 0.2) is 0 Å². The summed E-state index contributed by atoms with van der Waals surface area (Å²) >= 11 is 2.00. The van der Waals surface area contributed by atoms with Crippen molar-refractivity contribution >= 4 is 23.7 Å². The fraction of sp³-hybridized carbons (Fsp3) is 0.538. The predicted molar refractivity (Wildman–Crippen MR) is 85.1 cm³/mol. The number of thioether (sulfide) groups is 1. The maximum atomic E-state index is 4.50.